The first-order valence-electron chi connectivity index (χ1n) is 7.02. The smallest absolute Gasteiger partial charge is 0.0441 e. The summed E-state index contributed by atoms with van der Waals surface area (Å²) in [5.41, 5.74) is 5.94. The van der Waals surface area contributed by atoms with Crippen molar-refractivity contribution in [3.63, 3.8) is 0 Å². The van der Waals surface area contributed by atoms with Gasteiger partial charge in [-0.1, -0.05) is 38.2 Å². The molecule has 0 fully saturated rings. The topological polar surface area (TPSA) is 58.6 Å². The molecule has 3 nitrogen and oxygen atoms in total. The molecule has 0 aliphatic rings. The second-order valence-electron chi connectivity index (χ2n) is 6.58. The van der Waals surface area contributed by atoms with Crippen molar-refractivity contribution in [2.75, 3.05) is 0 Å². The van der Waals surface area contributed by atoms with Gasteiger partial charge in [0.2, 0.25) is 0 Å². The van der Waals surface area contributed by atoms with E-state index in [1.807, 2.05) is 13.8 Å². The molecule has 0 rings (SSSR count). The zero-order valence-electron chi connectivity index (χ0n) is 12.9. The highest BCUT2D eigenvalue weighted by atomic mass is 16.4. The van der Waals surface area contributed by atoms with Crippen molar-refractivity contribution in [1.82, 2.24) is 0 Å². The Labute approximate surface area is 118 Å². The molecule has 3 heteroatoms. The average molecular weight is 266 g/mol. The van der Waals surface area contributed by atoms with Crippen LogP contribution in [-0.4, -0.2) is 17.0 Å². The van der Waals surface area contributed by atoms with Crippen LogP contribution in [0.2, 0.25) is 0 Å². The first-order chi connectivity index (χ1) is 8.77. The van der Waals surface area contributed by atoms with Crippen LogP contribution in [-0.2, 0) is 0 Å². The van der Waals surface area contributed by atoms with Crippen molar-refractivity contribution in [3.8, 4) is 0 Å². The van der Waals surface area contributed by atoms with Crippen LogP contribution < -0.4 is 5.73 Å². The SMILES string of the molecule is CC(C)(N)CC=CCCC=CCC(C)(C)CC=NO. The van der Waals surface area contributed by atoms with Gasteiger partial charge in [-0.3, -0.25) is 0 Å². The summed E-state index contributed by atoms with van der Waals surface area (Å²) in [7, 11) is 0. The first-order valence-corrected chi connectivity index (χ1v) is 7.02. The summed E-state index contributed by atoms with van der Waals surface area (Å²) in [4.78, 5) is 0. The molecule has 0 saturated heterocycles. The Morgan fingerprint density at radius 3 is 1.89 bits per heavy atom. The molecule has 110 valence electrons. The van der Waals surface area contributed by atoms with Gasteiger partial charge in [-0.25, -0.2) is 0 Å². The van der Waals surface area contributed by atoms with E-state index in [0.29, 0.717) is 0 Å². The van der Waals surface area contributed by atoms with E-state index in [-0.39, 0.29) is 11.0 Å². The van der Waals surface area contributed by atoms with E-state index >= 15 is 0 Å². The van der Waals surface area contributed by atoms with Crippen molar-refractivity contribution in [1.29, 1.82) is 0 Å². The lowest BCUT2D eigenvalue weighted by molar-refractivity contribution is 0.314. The van der Waals surface area contributed by atoms with Crippen LogP contribution in [0.25, 0.3) is 0 Å². The lowest BCUT2D eigenvalue weighted by Gasteiger charge is -2.19. The quantitative estimate of drug-likeness (QED) is 0.215. The van der Waals surface area contributed by atoms with Crippen molar-refractivity contribution < 1.29 is 5.21 Å². The third-order valence-electron chi connectivity index (χ3n) is 2.87. The Balaban J connectivity index is 3.75. The maximum Gasteiger partial charge on any atom is 0.0441 e. The van der Waals surface area contributed by atoms with Crippen LogP contribution >= 0.6 is 0 Å². The molecule has 0 aliphatic carbocycles. The van der Waals surface area contributed by atoms with Crippen LogP contribution in [0.5, 0.6) is 0 Å². The summed E-state index contributed by atoms with van der Waals surface area (Å²) in [6, 6.07) is 0. The highest BCUT2D eigenvalue weighted by molar-refractivity contribution is 5.57. The monoisotopic (exact) mass is 266 g/mol. The standard InChI is InChI=1S/C16H30N2O/c1-15(2,13-14-18-19)11-9-7-5-6-8-10-12-16(3,4)17/h7-10,14,19H,5-6,11-13,17H2,1-4H3. The molecule has 0 atom stereocenters. The third-order valence-corrected chi connectivity index (χ3v) is 2.87. The van der Waals surface area contributed by atoms with Crippen LogP contribution in [0.3, 0.4) is 0 Å². The number of allylic oxidation sites excluding steroid dienone is 3. The van der Waals surface area contributed by atoms with Crippen LogP contribution in [0, 0.1) is 5.41 Å². The molecule has 0 aromatic carbocycles. The van der Waals surface area contributed by atoms with Gasteiger partial charge in [-0.15, -0.1) is 5.16 Å². The Morgan fingerprint density at radius 2 is 1.42 bits per heavy atom. The molecule has 0 amide bonds. The van der Waals surface area contributed by atoms with Gasteiger partial charge >= 0.3 is 0 Å². The normalized spacial score (nSPS) is 14.2. The molecule has 0 heterocycles. The second-order valence-corrected chi connectivity index (χ2v) is 6.58. The molecule has 0 radical (unpaired) electrons. The summed E-state index contributed by atoms with van der Waals surface area (Å²) in [6.45, 7) is 8.41. The van der Waals surface area contributed by atoms with Crippen molar-refractivity contribution in [2.45, 2.75) is 65.3 Å². The number of oxime groups is 1. The minimum atomic E-state index is -0.107. The molecular formula is C16H30N2O. The zero-order chi connectivity index (χ0) is 14.8. The fourth-order valence-electron chi connectivity index (χ4n) is 1.59. The molecule has 0 spiro atoms. The van der Waals surface area contributed by atoms with Gasteiger partial charge in [0.1, 0.15) is 0 Å². The molecule has 19 heavy (non-hydrogen) atoms. The predicted molar refractivity (Wildman–Crippen MR) is 83.7 cm³/mol. The molecule has 0 aliphatic heterocycles. The van der Waals surface area contributed by atoms with Gasteiger partial charge in [-0.2, -0.15) is 0 Å². The Hall–Kier alpha value is -1.09. The molecule has 0 saturated carbocycles. The first kappa shape index (κ1) is 17.9. The van der Waals surface area contributed by atoms with Gasteiger partial charge in [-0.05, 0) is 51.4 Å². The number of hydrogen-bond donors (Lipinski definition) is 2. The molecule has 0 aromatic rings. The minimum absolute atomic E-state index is 0.107. The second kappa shape index (κ2) is 8.92. The fourth-order valence-corrected chi connectivity index (χ4v) is 1.59. The molecule has 0 unspecified atom stereocenters. The van der Waals surface area contributed by atoms with E-state index in [2.05, 4.69) is 43.3 Å². The maximum atomic E-state index is 8.41. The van der Waals surface area contributed by atoms with Crippen molar-refractivity contribution in [2.24, 2.45) is 16.3 Å². The minimum Gasteiger partial charge on any atom is -0.411 e. The number of nitrogens with zero attached hydrogens (tertiary/aromatic N) is 1. The van der Waals surface area contributed by atoms with E-state index in [0.717, 1.165) is 32.1 Å². The number of nitrogens with two attached hydrogens (primary N) is 1. The van der Waals surface area contributed by atoms with Crippen LogP contribution in [0.1, 0.15) is 59.8 Å². The van der Waals surface area contributed by atoms with Crippen LogP contribution in [0.15, 0.2) is 29.5 Å². The zero-order valence-corrected chi connectivity index (χ0v) is 12.9. The fraction of sp³-hybridized carbons (Fsp3) is 0.688. The van der Waals surface area contributed by atoms with Gasteiger partial charge < -0.3 is 10.9 Å². The predicted octanol–water partition coefficient (Wildman–Crippen LogP) is 4.27. The number of rotatable bonds is 9. The molecule has 3 N–H and O–H groups in total. The van der Waals surface area contributed by atoms with E-state index in [1.165, 1.54) is 0 Å². The summed E-state index contributed by atoms with van der Waals surface area (Å²) < 4.78 is 0. The highest BCUT2D eigenvalue weighted by Crippen LogP contribution is 2.24. The molecule has 0 bridgehead atoms. The van der Waals surface area contributed by atoms with E-state index in [9.17, 15) is 0 Å². The average Bonchev–Trinajstić information content (AvgIpc) is 2.28. The Morgan fingerprint density at radius 1 is 0.895 bits per heavy atom. The maximum absolute atomic E-state index is 8.41. The lowest BCUT2D eigenvalue weighted by atomic mass is 9.86. The van der Waals surface area contributed by atoms with E-state index < -0.39 is 0 Å². The summed E-state index contributed by atoms with van der Waals surface area (Å²) in [5, 5.41) is 11.5. The van der Waals surface area contributed by atoms with Gasteiger partial charge in [0, 0.05) is 11.8 Å². The van der Waals surface area contributed by atoms with E-state index in [1.54, 1.807) is 6.21 Å². The highest BCUT2D eigenvalue weighted by Gasteiger charge is 2.14. The number of unbranched alkanes of at least 4 members (excludes halogenated alkanes) is 1. The van der Waals surface area contributed by atoms with E-state index in [4.69, 9.17) is 10.9 Å². The van der Waals surface area contributed by atoms with Gasteiger partial charge in [0.15, 0.2) is 0 Å². The third kappa shape index (κ3) is 13.1. The summed E-state index contributed by atoms with van der Waals surface area (Å²) in [6.07, 6.45) is 15.2. The van der Waals surface area contributed by atoms with Crippen LogP contribution in [0.4, 0.5) is 0 Å². The van der Waals surface area contributed by atoms with Crippen molar-refractivity contribution in [3.05, 3.63) is 24.3 Å². The number of hydrogen-bond acceptors (Lipinski definition) is 3. The summed E-state index contributed by atoms with van der Waals surface area (Å²) >= 11 is 0. The Bertz CT molecular complexity index is 309. The van der Waals surface area contributed by atoms with Crippen molar-refractivity contribution >= 4 is 6.21 Å². The largest absolute Gasteiger partial charge is 0.411 e. The van der Waals surface area contributed by atoms with Gasteiger partial charge in [0.25, 0.3) is 0 Å². The molecule has 0 aromatic heterocycles. The lowest BCUT2D eigenvalue weighted by Crippen LogP contribution is -2.30. The molecular weight excluding hydrogens is 236 g/mol. The van der Waals surface area contributed by atoms with Gasteiger partial charge in [0.05, 0.1) is 0 Å². The summed E-state index contributed by atoms with van der Waals surface area (Å²) in [5.74, 6) is 0. The Kier molecular flexibility index (Phi) is 8.41.